The van der Waals surface area contributed by atoms with Crippen LogP contribution in [0.5, 0.6) is 0 Å². The summed E-state index contributed by atoms with van der Waals surface area (Å²) in [5.41, 5.74) is 1.83. The number of nitrogens with zero attached hydrogens (tertiary/aromatic N) is 3. The molecule has 22 heavy (non-hydrogen) atoms. The maximum atomic E-state index is 12.1. The minimum atomic E-state index is -0.832. The molecule has 0 aliphatic rings. The van der Waals surface area contributed by atoms with Crippen LogP contribution >= 0.6 is 0 Å². The summed E-state index contributed by atoms with van der Waals surface area (Å²) in [4.78, 5) is 23.8. The SMILES string of the molecule is CCCNC(=O)[C@H](C)OC(=O)c1ccc2c(c1)nnn2CC. The average Bonchev–Trinajstić information content (AvgIpc) is 2.94. The average molecular weight is 304 g/mol. The highest BCUT2D eigenvalue weighted by Gasteiger charge is 2.19. The molecular weight excluding hydrogens is 284 g/mol. The van der Waals surface area contributed by atoms with Crippen molar-refractivity contribution < 1.29 is 14.3 Å². The Hall–Kier alpha value is -2.44. The molecule has 2 rings (SSSR count). The first-order chi connectivity index (χ1) is 10.6. The Labute approximate surface area is 128 Å². The van der Waals surface area contributed by atoms with Crippen LogP contribution in [0, 0.1) is 0 Å². The van der Waals surface area contributed by atoms with Crippen LogP contribution in [0.25, 0.3) is 11.0 Å². The molecule has 0 aliphatic carbocycles. The molecule has 2 aromatic rings. The summed E-state index contributed by atoms with van der Waals surface area (Å²) in [7, 11) is 0. The number of aryl methyl sites for hydroxylation is 1. The zero-order valence-corrected chi connectivity index (χ0v) is 13.0. The topological polar surface area (TPSA) is 86.1 Å². The van der Waals surface area contributed by atoms with Gasteiger partial charge in [-0.15, -0.1) is 5.10 Å². The summed E-state index contributed by atoms with van der Waals surface area (Å²) >= 11 is 0. The molecule has 1 aromatic carbocycles. The number of hydrogen-bond acceptors (Lipinski definition) is 5. The van der Waals surface area contributed by atoms with Crippen molar-refractivity contribution in [2.24, 2.45) is 0 Å². The Kier molecular flexibility index (Phi) is 5.08. The van der Waals surface area contributed by atoms with Crippen molar-refractivity contribution in [1.82, 2.24) is 20.3 Å². The van der Waals surface area contributed by atoms with Gasteiger partial charge >= 0.3 is 5.97 Å². The maximum Gasteiger partial charge on any atom is 0.338 e. The van der Waals surface area contributed by atoms with E-state index in [1.165, 1.54) is 0 Å². The molecular formula is C15H20N4O3. The minimum absolute atomic E-state index is 0.298. The number of fused-ring (bicyclic) bond motifs is 1. The normalized spacial score (nSPS) is 12.1. The Balaban J connectivity index is 2.07. The molecule has 0 spiro atoms. The van der Waals surface area contributed by atoms with Gasteiger partial charge in [0, 0.05) is 13.1 Å². The molecule has 1 amide bonds. The fourth-order valence-corrected chi connectivity index (χ4v) is 2.01. The Bertz CT molecular complexity index is 680. The van der Waals surface area contributed by atoms with Gasteiger partial charge in [0.1, 0.15) is 5.52 Å². The second kappa shape index (κ2) is 7.02. The molecule has 0 unspecified atom stereocenters. The number of amides is 1. The quantitative estimate of drug-likeness (QED) is 0.818. The van der Waals surface area contributed by atoms with E-state index in [9.17, 15) is 9.59 Å². The monoisotopic (exact) mass is 304 g/mol. The summed E-state index contributed by atoms with van der Waals surface area (Å²) in [5, 5.41) is 10.7. The van der Waals surface area contributed by atoms with Crippen LogP contribution in [0.15, 0.2) is 18.2 Å². The van der Waals surface area contributed by atoms with E-state index in [1.807, 2.05) is 13.8 Å². The van der Waals surface area contributed by atoms with Gasteiger partial charge in [-0.2, -0.15) is 0 Å². The third kappa shape index (κ3) is 3.41. The summed E-state index contributed by atoms with van der Waals surface area (Å²) in [6.45, 7) is 6.74. The number of nitrogens with one attached hydrogen (secondary N) is 1. The van der Waals surface area contributed by atoms with Gasteiger partial charge in [-0.05, 0) is 38.5 Å². The standard InChI is InChI=1S/C15H20N4O3/c1-4-8-16-14(20)10(3)22-15(21)11-6-7-13-12(9-11)17-18-19(13)5-2/h6-7,9-10H,4-5,8H2,1-3H3,(H,16,20)/t10-/m0/s1. The lowest BCUT2D eigenvalue weighted by atomic mass is 10.2. The molecule has 0 bridgehead atoms. The summed E-state index contributed by atoms with van der Waals surface area (Å²) < 4.78 is 6.91. The van der Waals surface area contributed by atoms with Crippen LogP contribution in [-0.2, 0) is 16.1 Å². The third-order valence-corrected chi connectivity index (χ3v) is 3.25. The van der Waals surface area contributed by atoms with Gasteiger partial charge in [0.15, 0.2) is 6.10 Å². The second-order valence-electron chi connectivity index (χ2n) is 4.95. The number of aromatic nitrogens is 3. The van der Waals surface area contributed by atoms with Crippen molar-refractivity contribution in [3.05, 3.63) is 23.8 Å². The molecule has 7 nitrogen and oxygen atoms in total. The van der Waals surface area contributed by atoms with Crippen molar-refractivity contribution >= 4 is 22.9 Å². The number of benzene rings is 1. The molecule has 0 aliphatic heterocycles. The van der Waals surface area contributed by atoms with Crippen molar-refractivity contribution in [1.29, 1.82) is 0 Å². The van der Waals surface area contributed by atoms with Gasteiger partial charge in [0.05, 0.1) is 11.1 Å². The zero-order valence-electron chi connectivity index (χ0n) is 13.0. The van der Waals surface area contributed by atoms with E-state index in [0.717, 1.165) is 11.9 Å². The maximum absolute atomic E-state index is 12.1. The lowest BCUT2D eigenvalue weighted by Gasteiger charge is -2.13. The fraction of sp³-hybridized carbons (Fsp3) is 0.467. The smallest absolute Gasteiger partial charge is 0.338 e. The number of rotatable bonds is 6. The lowest BCUT2D eigenvalue weighted by Crippen LogP contribution is -2.36. The summed E-state index contributed by atoms with van der Waals surface area (Å²) in [6.07, 6.45) is -0.00282. The van der Waals surface area contributed by atoms with E-state index in [0.29, 0.717) is 24.2 Å². The van der Waals surface area contributed by atoms with Gasteiger partial charge in [0.2, 0.25) is 0 Å². The van der Waals surface area contributed by atoms with Crippen LogP contribution < -0.4 is 5.32 Å². The van der Waals surface area contributed by atoms with Gasteiger partial charge in [-0.3, -0.25) is 4.79 Å². The first kappa shape index (κ1) is 15.9. The van der Waals surface area contributed by atoms with Gasteiger partial charge in [0.25, 0.3) is 5.91 Å². The van der Waals surface area contributed by atoms with E-state index >= 15 is 0 Å². The molecule has 0 saturated heterocycles. The van der Waals surface area contributed by atoms with Crippen molar-refractivity contribution in [3.8, 4) is 0 Å². The molecule has 1 N–H and O–H groups in total. The van der Waals surface area contributed by atoms with Crippen LogP contribution in [-0.4, -0.2) is 39.5 Å². The van der Waals surface area contributed by atoms with E-state index in [2.05, 4.69) is 15.6 Å². The van der Waals surface area contributed by atoms with Crippen LogP contribution in [0.1, 0.15) is 37.6 Å². The molecule has 0 saturated carbocycles. The van der Waals surface area contributed by atoms with Crippen molar-refractivity contribution in [3.63, 3.8) is 0 Å². The van der Waals surface area contributed by atoms with Crippen molar-refractivity contribution in [2.45, 2.75) is 39.8 Å². The zero-order chi connectivity index (χ0) is 16.1. The number of carbonyl (C=O) groups excluding carboxylic acids is 2. The van der Waals surface area contributed by atoms with Crippen LogP contribution in [0.4, 0.5) is 0 Å². The largest absolute Gasteiger partial charge is 0.449 e. The molecule has 7 heteroatoms. The molecule has 0 fully saturated rings. The molecule has 118 valence electrons. The summed E-state index contributed by atoms with van der Waals surface area (Å²) in [6, 6.07) is 5.04. The van der Waals surface area contributed by atoms with Gasteiger partial charge in [-0.1, -0.05) is 12.1 Å². The van der Waals surface area contributed by atoms with Crippen LogP contribution in [0.3, 0.4) is 0 Å². The van der Waals surface area contributed by atoms with E-state index in [4.69, 9.17) is 4.74 Å². The highest BCUT2D eigenvalue weighted by Crippen LogP contribution is 2.14. The van der Waals surface area contributed by atoms with Crippen LogP contribution in [0.2, 0.25) is 0 Å². The minimum Gasteiger partial charge on any atom is -0.449 e. The van der Waals surface area contributed by atoms with Gasteiger partial charge in [-0.25, -0.2) is 9.48 Å². The molecule has 1 heterocycles. The number of carbonyl (C=O) groups is 2. The molecule has 0 radical (unpaired) electrons. The van der Waals surface area contributed by atoms with E-state index in [-0.39, 0.29) is 5.91 Å². The highest BCUT2D eigenvalue weighted by molar-refractivity contribution is 5.95. The third-order valence-electron chi connectivity index (χ3n) is 3.25. The molecule has 1 atom stereocenters. The van der Waals surface area contributed by atoms with E-state index < -0.39 is 12.1 Å². The Morgan fingerprint density at radius 1 is 1.36 bits per heavy atom. The Morgan fingerprint density at radius 2 is 2.14 bits per heavy atom. The predicted octanol–water partition coefficient (Wildman–Crippen LogP) is 1.52. The highest BCUT2D eigenvalue weighted by atomic mass is 16.5. The summed E-state index contributed by atoms with van der Waals surface area (Å²) in [5.74, 6) is -0.847. The Morgan fingerprint density at radius 3 is 2.82 bits per heavy atom. The number of hydrogen-bond donors (Lipinski definition) is 1. The fourth-order valence-electron chi connectivity index (χ4n) is 2.01. The molecule has 1 aromatic heterocycles. The van der Waals surface area contributed by atoms with E-state index in [1.54, 1.807) is 29.8 Å². The first-order valence-corrected chi connectivity index (χ1v) is 7.38. The van der Waals surface area contributed by atoms with Gasteiger partial charge < -0.3 is 10.1 Å². The predicted molar refractivity (Wildman–Crippen MR) is 81.4 cm³/mol. The van der Waals surface area contributed by atoms with Crippen molar-refractivity contribution in [2.75, 3.05) is 6.54 Å². The second-order valence-corrected chi connectivity index (χ2v) is 4.95. The first-order valence-electron chi connectivity index (χ1n) is 7.38. The number of esters is 1. The lowest BCUT2D eigenvalue weighted by molar-refractivity contribution is -0.129. The number of ether oxygens (including phenoxy) is 1.